The summed E-state index contributed by atoms with van der Waals surface area (Å²) in [6.07, 6.45) is 9.37. The van der Waals surface area contributed by atoms with Gasteiger partial charge in [0.25, 0.3) is 0 Å². The summed E-state index contributed by atoms with van der Waals surface area (Å²) in [6.45, 7) is 12.7. The van der Waals surface area contributed by atoms with E-state index in [0.29, 0.717) is 14.2 Å². The molecule has 0 saturated carbocycles. The lowest BCUT2D eigenvalue weighted by atomic mass is 9.69. The molecule has 0 saturated heterocycles. The van der Waals surface area contributed by atoms with Crippen LogP contribution in [0.4, 0.5) is 0 Å². The zero-order chi connectivity index (χ0) is 23.5. The predicted molar refractivity (Wildman–Crippen MR) is 137 cm³/mol. The molecular weight excluding hydrogens is 409 g/mol. The van der Waals surface area contributed by atoms with Crippen molar-refractivity contribution in [3.8, 4) is 6.07 Å². The molecule has 0 radical (unpaired) electrons. The van der Waals surface area contributed by atoms with E-state index in [4.69, 9.17) is 0 Å². The summed E-state index contributed by atoms with van der Waals surface area (Å²) in [5, 5.41) is 10.6. The van der Waals surface area contributed by atoms with Crippen molar-refractivity contribution in [1.82, 2.24) is 0 Å². The standard InChI is InChI=1S/C29H34NOP/c1-20-12-10-11-13-23(20)28(3,4)24(21(2)31)14-8-7-9-15-27-29(5,6)25-18-22(19-30)16-17-26(25)32-27/h7-13,15-18,24,27,32H,14H2,1-6H3/b8-7+,15-9+. The molecule has 1 aliphatic rings. The number of carbonyl (C=O) groups is 1. The topological polar surface area (TPSA) is 40.9 Å². The van der Waals surface area contributed by atoms with Crippen molar-refractivity contribution >= 4 is 19.7 Å². The Balaban J connectivity index is 1.71. The Bertz CT molecular complexity index is 1100. The molecule has 2 nitrogen and oxygen atoms in total. The average Bonchev–Trinajstić information content (AvgIpc) is 2.99. The van der Waals surface area contributed by atoms with Crippen molar-refractivity contribution < 1.29 is 4.79 Å². The van der Waals surface area contributed by atoms with Crippen LogP contribution in [0.25, 0.3) is 0 Å². The molecule has 3 unspecified atom stereocenters. The number of Topliss-reactive ketones (excluding diaryl/α,β-unsaturated/α-hetero) is 1. The number of benzene rings is 2. The Morgan fingerprint density at radius 2 is 1.94 bits per heavy atom. The van der Waals surface area contributed by atoms with Gasteiger partial charge in [0.15, 0.2) is 0 Å². The van der Waals surface area contributed by atoms with Crippen LogP contribution in [0.5, 0.6) is 0 Å². The number of allylic oxidation sites excluding steroid dienone is 4. The van der Waals surface area contributed by atoms with Gasteiger partial charge in [-0.3, -0.25) is 4.79 Å². The van der Waals surface area contributed by atoms with E-state index in [0.717, 1.165) is 12.0 Å². The maximum absolute atomic E-state index is 12.5. The molecule has 0 aliphatic carbocycles. The number of carbonyl (C=O) groups excluding carboxylic acids is 1. The second-order valence-corrected chi connectivity index (χ2v) is 11.4. The van der Waals surface area contributed by atoms with Gasteiger partial charge in [-0.05, 0) is 59.8 Å². The Morgan fingerprint density at radius 3 is 2.59 bits per heavy atom. The summed E-state index contributed by atoms with van der Waals surface area (Å²) in [7, 11) is 0.710. The molecule has 0 aromatic heterocycles. The first-order valence-corrected chi connectivity index (χ1v) is 12.4. The van der Waals surface area contributed by atoms with Gasteiger partial charge in [-0.1, -0.05) is 90.9 Å². The van der Waals surface area contributed by atoms with Crippen LogP contribution in [0, 0.1) is 24.2 Å². The van der Waals surface area contributed by atoms with E-state index in [2.05, 4.69) is 95.3 Å². The Hall–Kier alpha value is -2.49. The van der Waals surface area contributed by atoms with Crippen LogP contribution in [0.15, 0.2) is 66.8 Å². The Labute approximate surface area is 195 Å². The molecule has 3 rings (SSSR count). The van der Waals surface area contributed by atoms with Crippen LogP contribution in [-0.4, -0.2) is 11.4 Å². The molecule has 0 amide bonds. The van der Waals surface area contributed by atoms with Crippen LogP contribution in [0.3, 0.4) is 0 Å². The molecule has 0 N–H and O–H groups in total. The zero-order valence-electron chi connectivity index (χ0n) is 20.1. The molecule has 0 bridgehead atoms. The first kappa shape index (κ1) is 24.2. The fourth-order valence-electron chi connectivity index (χ4n) is 5.00. The summed E-state index contributed by atoms with van der Waals surface area (Å²) >= 11 is 0. The lowest BCUT2D eigenvalue weighted by molar-refractivity contribution is -0.122. The van der Waals surface area contributed by atoms with Gasteiger partial charge in [0.2, 0.25) is 0 Å². The van der Waals surface area contributed by atoms with E-state index < -0.39 is 0 Å². The van der Waals surface area contributed by atoms with Crippen LogP contribution in [-0.2, 0) is 15.6 Å². The average molecular weight is 444 g/mol. The highest BCUT2D eigenvalue weighted by atomic mass is 31.1. The van der Waals surface area contributed by atoms with E-state index in [1.165, 1.54) is 22.0 Å². The summed E-state index contributed by atoms with van der Waals surface area (Å²) in [5.74, 6) is 0.167. The van der Waals surface area contributed by atoms with Gasteiger partial charge < -0.3 is 0 Å². The van der Waals surface area contributed by atoms with Crippen molar-refractivity contribution in [1.29, 1.82) is 5.26 Å². The molecule has 1 aliphatic heterocycles. The van der Waals surface area contributed by atoms with Crippen LogP contribution in [0.2, 0.25) is 0 Å². The fourth-order valence-corrected chi connectivity index (χ4v) is 6.79. The van der Waals surface area contributed by atoms with Crippen molar-refractivity contribution in [2.75, 3.05) is 0 Å². The van der Waals surface area contributed by atoms with Crippen LogP contribution < -0.4 is 5.30 Å². The van der Waals surface area contributed by atoms with E-state index in [-0.39, 0.29) is 22.5 Å². The normalized spacial score (nSPS) is 19.3. The van der Waals surface area contributed by atoms with Gasteiger partial charge in [0.1, 0.15) is 5.78 Å². The van der Waals surface area contributed by atoms with Crippen molar-refractivity contribution in [2.24, 2.45) is 5.92 Å². The van der Waals surface area contributed by atoms with Gasteiger partial charge in [-0.2, -0.15) is 5.26 Å². The third-order valence-corrected chi connectivity index (χ3v) is 9.03. The Kier molecular flexibility index (Phi) is 7.22. The van der Waals surface area contributed by atoms with E-state index in [9.17, 15) is 10.1 Å². The van der Waals surface area contributed by atoms with Crippen molar-refractivity contribution in [2.45, 2.75) is 64.5 Å². The van der Waals surface area contributed by atoms with E-state index >= 15 is 0 Å². The summed E-state index contributed by atoms with van der Waals surface area (Å²) in [4.78, 5) is 12.5. The molecule has 166 valence electrons. The van der Waals surface area contributed by atoms with Gasteiger partial charge in [0, 0.05) is 17.0 Å². The number of nitrogens with zero attached hydrogens (tertiary/aromatic N) is 1. The minimum Gasteiger partial charge on any atom is -0.300 e. The minimum atomic E-state index is -0.222. The third-order valence-electron chi connectivity index (χ3n) is 7.06. The number of aryl methyl sites for hydroxylation is 1. The van der Waals surface area contributed by atoms with Crippen LogP contribution in [0.1, 0.15) is 63.3 Å². The summed E-state index contributed by atoms with van der Waals surface area (Å²) in [5.41, 5.74) is 4.72. The predicted octanol–water partition coefficient (Wildman–Crippen LogP) is 6.52. The zero-order valence-corrected chi connectivity index (χ0v) is 21.1. The van der Waals surface area contributed by atoms with E-state index in [1.807, 2.05) is 12.1 Å². The first-order chi connectivity index (χ1) is 15.1. The number of hydrogen-bond acceptors (Lipinski definition) is 2. The molecule has 1 heterocycles. The number of rotatable bonds is 7. The van der Waals surface area contributed by atoms with Gasteiger partial charge in [-0.15, -0.1) is 0 Å². The highest BCUT2D eigenvalue weighted by Gasteiger charge is 2.38. The lowest BCUT2D eigenvalue weighted by Gasteiger charge is -2.34. The Morgan fingerprint density at radius 1 is 1.22 bits per heavy atom. The molecule has 3 heteroatoms. The number of hydrogen-bond donors (Lipinski definition) is 0. The third kappa shape index (κ3) is 4.79. The van der Waals surface area contributed by atoms with Gasteiger partial charge >= 0.3 is 0 Å². The summed E-state index contributed by atoms with van der Waals surface area (Å²) in [6, 6.07) is 16.7. The van der Waals surface area contributed by atoms with Gasteiger partial charge in [-0.25, -0.2) is 0 Å². The quantitative estimate of drug-likeness (QED) is 0.361. The second kappa shape index (κ2) is 9.56. The number of nitriles is 1. The van der Waals surface area contributed by atoms with E-state index in [1.54, 1.807) is 6.92 Å². The SMILES string of the molecule is CC(=O)C(C/C=C/C=C/C1Pc2ccc(C#N)cc2C1(C)C)C(C)(C)c1ccccc1C. The summed E-state index contributed by atoms with van der Waals surface area (Å²) < 4.78 is 0. The monoisotopic (exact) mass is 443 g/mol. The second-order valence-electron chi connectivity index (χ2n) is 9.96. The maximum atomic E-state index is 12.5. The number of fused-ring (bicyclic) bond motifs is 1. The largest absolute Gasteiger partial charge is 0.300 e. The van der Waals surface area contributed by atoms with Crippen LogP contribution >= 0.6 is 8.58 Å². The lowest BCUT2D eigenvalue weighted by Crippen LogP contribution is -2.34. The molecule has 32 heavy (non-hydrogen) atoms. The molecule has 0 fully saturated rings. The minimum absolute atomic E-state index is 0.0136. The molecular formula is C29H34NOP. The molecule has 0 spiro atoms. The number of ketones is 1. The highest BCUT2D eigenvalue weighted by Crippen LogP contribution is 2.46. The van der Waals surface area contributed by atoms with Crippen molar-refractivity contribution in [3.05, 3.63) is 89.0 Å². The molecule has 2 aromatic rings. The maximum Gasteiger partial charge on any atom is 0.134 e. The fraction of sp³-hybridized carbons (Fsp3) is 0.379. The smallest absolute Gasteiger partial charge is 0.134 e. The highest BCUT2D eigenvalue weighted by molar-refractivity contribution is 7.49. The van der Waals surface area contributed by atoms with Crippen molar-refractivity contribution in [3.63, 3.8) is 0 Å². The molecule has 3 atom stereocenters. The van der Waals surface area contributed by atoms with Gasteiger partial charge in [0.05, 0.1) is 11.6 Å². The first-order valence-electron chi connectivity index (χ1n) is 11.3. The molecule has 2 aromatic carbocycles.